The van der Waals surface area contributed by atoms with Crippen LogP contribution in [-0.2, 0) is 6.54 Å². The summed E-state index contributed by atoms with van der Waals surface area (Å²) in [5, 5.41) is 4.20. The summed E-state index contributed by atoms with van der Waals surface area (Å²) in [5.74, 6) is 1.57. The van der Waals surface area contributed by atoms with Gasteiger partial charge in [0.15, 0.2) is 0 Å². The molecule has 0 aliphatic heterocycles. The van der Waals surface area contributed by atoms with Crippen molar-refractivity contribution in [1.82, 2.24) is 10.2 Å². The number of nitrogens with one attached hydrogen (secondary N) is 1. The van der Waals surface area contributed by atoms with Crippen LogP contribution in [0.25, 0.3) is 0 Å². The van der Waals surface area contributed by atoms with Gasteiger partial charge in [-0.15, -0.1) is 0 Å². The van der Waals surface area contributed by atoms with E-state index < -0.39 is 0 Å². The van der Waals surface area contributed by atoms with Crippen molar-refractivity contribution in [3.8, 4) is 5.75 Å². The molecule has 1 rings (SSSR count). The lowest BCUT2D eigenvalue weighted by atomic mass is 10.2. The number of halogens is 1. The average Bonchev–Trinajstić information content (AvgIpc) is 2.45. The van der Waals surface area contributed by atoms with E-state index in [-0.39, 0.29) is 0 Å². The standard InChI is InChI=1S/C17H29ClN2O/c1-5-20(6-2)9-10-21-17-8-7-16(18)11-15(17)13-19-12-14(3)4/h7-8,11,14,19H,5-6,9-10,12-13H2,1-4H3. The highest BCUT2D eigenvalue weighted by molar-refractivity contribution is 6.30. The van der Waals surface area contributed by atoms with E-state index in [2.05, 4.69) is 37.9 Å². The molecule has 0 aliphatic carbocycles. The summed E-state index contributed by atoms with van der Waals surface area (Å²) in [6, 6.07) is 5.85. The zero-order valence-corrected chi connectivity index (χ0v) is 14.5. The molecule has 0 spiro atoms. The number of nitrogens with zero attached hydrogens (tertiary/aromatic N) is 1. The van der Waals surface area contributed by atoms with Gasteiger partial charge in [0.1, 0.15) is 12.4 Å². The maximum atomic E-state index is 6.10. The number of likely N-dealkylation sites (N-methyl/N-ethyl adjacent to an activating group) is 1. The molecule has 0 aliphatic rings. The van der Waals surface area contributed by atoms with E-state index in [0.29, 0.717) is 12.5 Å². The molecule has 1 aromatic carbocycles. The molecule has 0 aromatic heterocycles. The summed E-state index contributed by atoms with van der Waals surface area (Å²) in [6.07, 6.45) is 0. The molecule has 0 fully saturated rings. The Morgan fingerprint density at radius 3 is 2.57 bits per heavy atom. The highest BCUT2D eigenvalue weighted by Crippen LogP contribution is 2.23. The molecule has 0 saturated heterocycles. The van der Waals surface area contributed by atoms with Crippen LogP contribution in [0.5, 0.6) is 5.75 Å². The van der Waals surface area contributed by atoms with E-state index in [0.717, 1.165) is 49.1 Å². The first-order chi connectivity index (χ1) is 10.1. The minimum Gasteiger partial charge on any atom is -0.492 e. The molecule has 0 heterocycles. The van der Waals surface area contributed by atoms with Crippen molar-refractivity contribution in [2.75, 3.05) is 32.8 Å². The zero-order valence-electron chi connectivity index (χ0n) is 13.8. The van der Waals surface area contributed by atoms with Crippen molar-refractivity contribution in [3.63, 3.8) is 0 Å². The minimum atomic E-state index is 0.635. The largest absolute Gasteiger partial charge is 0.492 e. The first-order valence-electron chi connectivity index (χ1n) is 7.91. The van der Waals surface area contributed by atoms with Crippen LogP contribution >= 0.6 is 11.6 Å². The zero-order chi connectivity index (χ0) is 15.7. The van der Waals surface area contributed by atoms with Crippen LogP contribution in [0.4, 0.5) is 0 Å². The molecular formula is C17H29ClN2O. The van der Waals surface area contributed by atoms with Crippen molar-refractivity contribution in [2.45, 2.75) is 34.2 Å². The quantitative estimate of drug-likeness (QED) is 0.711. The molecule has 120 valence electrons. The lowest BCUT2D eigenvalue weighted by molar-refractivity contribution is 0.221. The molecule has 0 atom stereocenters. The molecule has 1 aromatic rings. The highest BCUT2D eigenvalue weighted by atomic mass is 35.5. The Bertz CT molecular complexity index is 406. The third-order valence-electron chi connectivity index (χ3n) is 3.45. The van der Waals surface area contributed by atoms with Gasteiger partial charge in [0.05, 0.1) is 0 Å². The van der Waals surface area contributed by atoms with Gasteiger partial charge >= 0.3 is 0 Å². The summed E-state index contributed by atoms with van der Waals surface area (Å²) in [6.45, 7) is 14.3. The normalized spacial score (nSPS) is 11.4. The molecule has 1 N–H and O–H groups in total. The van der Waals surface area contributed by atoms with Crippen molar-refractivity contribution in [2.24, 2.45) is 5.92 Å². The fourth-order valence-corrected chi connectivity index (χ4v) is 2.34. The van der Waals surface area contributed by atoms with Crippen molar-refractivity contribution in [1.29, 1.82) is 0 Å². The van der Waals surface area contributed by atoms with Crippen LogP contribution in [-0.4, -0.2) is 37.7 Å². The topological polar surface area (TPSA) is 24.5 Å². The molecule has 0 saturated carbocycles. The van der Waals surface area contributed by atoms with Crippen molar-refractivity contribution < 1.29 is 4.74 Å². The second-order valence-electron chi connectivity index (χ2n) is 5.65. The number of benzene rings is 1. The van der Waals surface area contributed by atoms with Crippen LogP contribution in [0.3, 0.4) is 0 Å². The van der Waals surface area contributed by atoms with Gasteiger partial charge in [0, 0.05) is 23.7 Å². The van der Waals surface area contributed by atoms with Crippen LogP contribution in [0.1, 0.15) is 33.3 Å². The number of hydrogen-bond donors (Lipinski definition) is 1. The van der Waals surface area contributed by atoms with Crippen LogP contribution in [0.2, 0.25) is 5.02 Å². The van der Waals surface area contributed by atoms with E-state index >= 15 is 0 Å². The Morgan fingerprint density at radius 2 is 1.95 bits per heavy atom. The van der Waals surface area contributed by atoms with Gasteiger partial charge in [-0.05, 0) is 43.8 Å². The van der Waals surface area contributed by atoms with Crippen molar-refractivity contribution >= 4 is 11.6 Å². The summed E-state index contributed by atoms with van der Waals surface area (Å²) < 4.78 is 5.94. The predicted molar refractivity (Wildman–Crippen MR) is 91.3 cm³/mol. The lowest BCUT2D eigenvalue weighted by Crippen LogP contribution is -2.28. The second-order valence-corrected chi connectivity index (χ2v) is 6.09. The Morgan fingerprint density at radius 1 is 1.24 bits per heavy atom. The Kier molecular flexibility index (Phi) is 8.74. The Hall–Kier alpha value is -0.770. The molecule has 0 unspecified atom stereocenters. The third kappa shape index (κ3) is 7.16. The molecule has 0 bridgehead atoms. The first-order valence-corrected chi connectivity index (χ1v) is 8.28. The van der Waals surface area contributed by atoms with E-state index in [1.165, 1.54) is 0 Å². The first kappa shape index (κ1) is 18.3. The summed E-state index contributed by atoms with van der Waals surface area (Å²) in [5.41, 5.74) is 1.13. The van der Waals surface area contributed by atoms with Crippen LogP contribution in [0, 0.1) is 5.92 Å². The molecule has 0 amide bonds. The highest BCUT2D eigenvalue weighted by Gasteiger charge is 2.06. The smallest absolute Gasteiger partial charge is 0.123 e. The SMILES string of the molecule is CCN(CC)CCOc1ccc(Cl)cc1CNCC(C)C. The van der Waals surface area contributed by atoms with Crippen LogP contribution in [0.15, 0.2) is 18.2 Å². The average molecular weight is 313 g/mol. The third-order valence-corrected chi connectivity index (χ3v) is 3.69. The van der Waals surface area contributed by atoms with E-state index in [4.69, 9.17) is 16.3 Å². The summed E-state index contributed by atoms with van der Waals surface area (Å²) in [4.78, 5) is 2.35. The van der Waals surface area contributed by atoms with Gasteiger partial charge in [-0.1, -0.05) is 39.3 Å². The van der Waals surface area contributed by atoms with E-state index in [1.807, 2.05) is 18.2 Å². The summed E-state index contributed by atoms with van der Waals surface area (Å²) >= 11 is 6.10. The molecular weight excluding hydrogens is 284 g/mol. The molecule has 3 nitrogen and oxygen atoms in total. The van der Waals surface area contributed by atoms with Gasteiger partial charge in [0.2, 0.25) is 0 Å². The van der Waals surface area contributed by atoms with Gasteiger partial charge < -0.3 is 15.0 Å². The number of ether oxygens (including phenoxy) is 1. The van der Waals surface area contributed by atoms with Gasteiger partial charge in [0.25, 0.3) is 0 Å². The second kappa shape index (κ2) is 10.0. The fraction of sp³-hybridized carbons (Fsp3) is 0.647. The van der Waals surface area contributed by atoms with E-state index in [9.17, 15) is 0 Å². The monoisotopic (exact) mass is 312 g/mol. The molecule has 21 heavy (non-hydrogen) atoms. The van der Waals surface area contributed by atoms with Gasteiger partial charge in [-0.2, -0.15) is 0 Å². The van der Waals surface area contributed by atoms with Crippen molar-refractivity contribution in [3.05, 3.63) is 28.8 Å². The number of rotatable bonds is 10. The minimum absolute atomic E-state index is 0.635. The number of hydrogen-bond acceptors (Lipinski definition) is 3. The molecule has 0 radical (unpaired) electrons. The Labute approximate surface area is 134 Å². The molecule has 4 heteroatoms. The van der Waals surface area contributed by atoms with Gasteiger partial charge in [-0.3, -0.25) is 0 Å². The predicted octanol–water partition coefficient (Wildman–Crippen LogP) is 3.81. The van der Waals surface area contributed by atoms with Crippen LogP contribution < -0.4 is 10.1 Å². The maximum absolute atomic E-state index is 6.10. The maximum Gasteiger partial charge on any atom is 0.123 e. The lowest BCUT2D eigenvalue weighted by Gasteiger charge is -2.19. The van der Waals surface area contributed by atoms with Gasteiger partial charge in [-0.25, -0.2) is 0 Å². The van der Waals surface area contributed by atoms with E-state index in [1.54, 1.807) is 0 Å². The summed E-state index contributed by atoms with van der Waals surface area (Å²) in [7, 11) is 0. The Balaban J connectivity index is 2.55. The fourth-order valence-electron chi connectivity index (χ4n) is 2.15.